The largest absolute Gasteiger partial charge is 0.451 e. The van der Waals surface area contributed by atoms with Gasteiger partial charge in [0.2, 0.25) is 5.82 Å². The first-order chi connectivity index (χ1) is 18.8. The lowest BCUT2D eigenvalue weighted by Gasteiger charge is -2.13. The summed E-state index contributed by atoms with van der Waals surface area (Å²) in [5, 5.41) is 2.72. The van der Waals surface area contributed by atoms with Crippen LogP contribution in [0.5, 0.6) is 0 Å². The van der Waals surface area contributed by atoms with Crippen molar-refractivity contribution in [1.29, 1.82) is 0 Å². The Morgan fingerprint density at radius 2 is 1.70 bits per heavy atom. The fourth-order valence-electron chi connectivity index (χ4n) is 3.86. The van der Waals surface area contributed by atoms with Crippen LogP contribution in [0.3, 0.4) is 0 Å². The molecule has 206 valence electrons. The van der Waals surface area contributed by atoms with Gasteiger partial charge in [0, 0.05) is 47.6 Å². The number of aromatic nitrogens is 4. The first-order valence-electron chi connectivity index (χ1n) is 11.9. The number of halogens is 4. The number of alkyl halides is 3. The molecule has 0 bridgehead atoms. The monoisotopic (exact) mass is 553 g/mol. The van der Waals surface area contributed by atoms with Crippen molar-refractivity contribution in [3.63, 3.8) is 0 Å². The van der Waals surface area contributed by atoms with Crippen LogP contribution >= 0.6 is 0 Å². The van der Waals surface area contributed by atoms with Crippen LogP contribution in [0.15, 0.2) is 54.9 Å². The second-order valence-corrected chi connectivity index (χ2v) is 9.09. The summed E-state index contributed by atoms with van der Waals surface area (Å²) >= 11 is 0. The summed E-state index contributed by atoms with van der Waals surface area (Å²) in [6.45, 7) is 3.56. The first-order valence-corrected chi connectivity index (χ1v) is 11.9. The molecular formula is C27H23F4N7O2. The van der Waals surface area contributed by atoms with Gasteiger partial charge in [-0.15, -0.1) is 0 Å². The Labute approximate surface area is 225 Å². The standard InChI is InChI=1S/C27H23F4N7O2/c1-13(2)35-25(40)14-3-4-18(28)17(9-14)20-6-5-19(32)24(36-20)22(39)10-15-12-34-8-7-16(15)21-11-23(33)38-26(37-21)27(29,30)31/h3-9,11-13H,10,32H2,1-2H3,(H,35,40)(H2,33,37,38). The van der Waals surface area contributed by atoms with Crippen molar-refractivity contribution >= 4 is 23.2 Å². The van der Waals surface area contributed by atoms with E-state index in [2.05, 4.69) is 25.3 Å². The average Bonchev–Trinajstić information content (AvgIpc) is 2.88. The maximum absolute atomic E-state index is 14.8. The minimum Gasteiger partial charge on any atom is -0.397 e. The molecule has 0 saturated heterocycles. The Morgan fingerprint density at radius 1 is 0.950 bits per heavy atom. The van der Waals surface area contributed by atoms with E-state index in [1.165, 1.54) is 42.7 Å². The third-order valence-corrected chi connectivity index (χ3v) is 5.64. The highest BCUT2D eigenvalue weighted by atomic mass is 19.4. The van der Waals surface area contributed by atoms with E-state index in [9.17, 15) is 27.2 Å². The maximum Gasteiger partial charge on any atom is 0.451 e. The van der Waals surface area contributed by atoms with E-state index in [1.54, 1.807) is 13.8 Å². The number of hydrogen-bond acceptors (Lipinski definition) is 8. The number of nitrogen functional groups attached to an aromatic ring is 2. The Bertz CT molecular complexity index is 1610. The predicted octanol–water partition coefficient (Wildman–Crippen LogP) is 4.49. The molecule has 13 heteroatoms. The molecule has 3 aromatic heterocycles. The zero-order chi connectivity index (χ0) is 29.2. The van der Waals surface area contributed by atoms with Gasteiger partial charge in [0.1, 0.15) is 17.3 Å². The van der Waals surface area contributed by atoms with Crippen molar-refractivity contribution in [3.8, 4) is 22.5 Å². The molecule has 4 aromatic rings. The third kappa shape index (κ3) is 6.20. The summed E-state index contributed by atoms with van der Waals surface area (Å²) in [6.07, 6.45) is -2.58. The van der Waals surface area contributed by atoms with Gasteiger partial charge < -0.3 is 16.8 Å². The van der Waals surface area contributed by atoms with Crippen LogP contribution in [-0.4, -0.2) is 37.7 Å². The molecule has 0 saturated carbocycles. The molecule has 0 aliphatic heterocycles. The number of amides is 1. The number of nitrogens with two attached hydrogens (primary N) is 2. The number of pyridine rings is 2. The number of benzene rings is 1. The SMILES string of the molecule is CC(C)NC(=O)c1ccc(F)c(-c2ccc(N)c(C(=O)Cc3cnccc3-c3cc(N)nc(C(F)(F)F)n3)n2)c1. The van der Waals surface area contributed by atoms with Crippen molar-refractivity contribution in [2.45, 2.75) is 32.5 Å². The summed E-state index contributed by atoms with van der Waals surface area (Å²) in [5.74, 6) is -3.53. The van der Waals surface area contributed by atoms with E-state index < -0.39 is 35.3 Å². The number of ketones is 1. The molecule has 0 atom stereocenters. The highest BCUT2D eigenvalue weighted by molar-refractivity contribution is 6.01. The zero-order valence-corrected chi connectivity index (χ0v) is 21.3. The van der Waals surface area contributed by atoms with Crippen molar-refractivity contribution < 1.29 is 27.2 Å². The van der Waals surface area contributed by atoms with E-state index in [1.807, 2.05) is 0 Å². The lowest BCUT2D eigenvalue weighted by molar-refractivity contribution is -0.144. The number of carbonyl (C=O) groups excluding carboxylic acids is 2. The van der Waals surface area contributed by atoms with Gasteiger partial charge in [0.05, 0.1) is 17.1 Å². The molecule has 0 fully saturated rings. The zero-order valence-electron chi connectivity index (χ0n) is 21.3. The van der Waals surface area contributed by atoms with E-state index in [4.69, 9.17) is 11.5 Å². The molecule has 5 N–H and O–H groups in total. The van der Waals surface area contributed by atoms with E-state index in [0.717, 1.165) is 12.1 Å². The predicted molar refractivity (Wildman–Crippen MR) is 139 cm³/mol. The molecule has 4 rings (SSSR count). The van der Waals surface area contributed by atoms with Crippen LogP contribution in [0.2, 0.25) is 0 Å². The van der Waals surface area contributed by atoms with Crippen LogP contribution < -0.4 is 16.8 Å². The quantitative estimate of drug-likeness (QED) is 0.224. The molecule has 0 spiro atoms. The van der Waals surface area contributed by atoms with Crippen LogP contribution in [0, 0.1) is 5.82 Å². The van der Waals surface area contributed by atoms with E-state index >= 15 is 0 Å². The first kappa shape index (κ1) is 28.1. The van der Waals surface area contributed by atoms with E-state index in [0.29, 0.717) is 0 Å². The highest BCUT2D eigenvalue weighted by Gasteiger charge is 2.35. The highest BCUT2D eigenvalue weighted by Crippen LogP contribution is 2.31. The average molecular weight is 554 g/mol. The molecule has 1 aromatic carbocycles. The molecular weight excluding hydrogens is 530 g/mol. The summed E-state index contributed by atoms with van der Waals surface area (Å²) in [6, 6.07) is 8.95. The van der Waals surface area contributed by atoms with Gasteiger partial charge in [-0.25, -0.2) is 19.3 Å². The molecule has 0 radical (unpaired) electrons. The van der Waals surface area contributed by atoms with E-state index in [-0.39, 0.29) is 57.5 Å². The fraction of sp³-hybridized carbons (Fsp3) is 0.185. The van der Waals surface area contributed by atoms with Crippen LogP contribution in [-0.2, 0) is 12.6 Å². The molecule has 1 amide bonds. The molecule has 0 aliphatic rings. The Kier molecular flexibility index (Phi) is 7.75. The molecule has 9 nitrogen and oxygen atoms in total. The number of anilines is 2. The molecule has 3 heterocycles. The Balaban J connectivity index is 1.69. The number of rotatable bonds is 7. The molecule has 40 heavy (non-hydrogen) atoms. The topological polar surface area (TPSA) is 150 Å². The molecule has 0 aliphatic carbocycles. The number of Topliss-reactive ketones (excluding diaryl/α,β-unsaturated/α-hetero) is 1. The number of nitrogens with zero attached hydrogens (tertiary/aromatic N) is 4. The fourth-order valence-corrected chi connectivity index (χ4v) is 3.86. The number of hydrogen-bond donors (Lipinski definition) is 3. The minimum atomic E-state index is -4.84. The van der Waals surface area contributed by atoms with Crippen molar-refractivity contribution in [2.75, 3.05) is 11.5 Å². The summed E-state index contributed by atoms with van der Waals surface area (Å²) in [4.78, 5) is 40.8. The van der Waals surface area contributed by atoms with Gasteiger partial charge in [0.25, 0.3) is 5.91 Å². The van der Waals surface area contributed by atoms with Gasteiger partial charge in [-0.2, -0.15) is 13.2 Å². The summed E-state index contributed by atoms with van der Waals surface area (Å²) < 4.78 is 54.5. The lowest BCUT2D eigenvalue weighted by atomic mass is 9.99. The van der Waals surface area contributed by atoms with Gasteiger partial charge in [0.15, 0.2) is 5.78 Å². The van der Waals surface area contributed by atoms with Crippen molar-refractivity contribution in [2.24, 2.45) is 0 Å². The van der Waals surface area contributed by atoms with Crippen LogP contribution in [0.4, 0.5) is 29.1 Å². The van der Waals surface area contributed by atoms with Gasteiger partial charge in [-0.1, -0.05) is 0 Å². The Hall–Kier alpha value is -4.94. The molecule has 0 unspecified atom stereocenters. The lowest BCUT2D eigenvalue weighted by Crippen LogP contribution is -2.30. The summed E-state index contributed by atoms with van der Waals surface area (Å²) in [7, 11) is 0. The van der Waals surface area contributed by atoms with Gasteiger partial charge >= 0.3 is 6.18 Å². The van der Waals surface area contributed by atoms with Crippen LogP contribution in [0.1, 0.15) is 46.1 Å². The number of nitrogens with one attached hydrogen (secondary N) is 1. The second kappa shape index (κ2) is 11.0. The smallest absolute Gasteiger partial charge is 0.397 e. The third-order valence-electron chi connectivity index (χ3n) is 5.64. The van der Waals surface area contributed by atoms with Crippen molar-refractivity contribution in [3.05, 3.63) is 83.3 Å². The van der Waals surface area contributed by atoms with Crippen molar-refractivity contribution in [1.82, 2.24) is 25.3 Å². The maximum atomic E-state index is 14.8. The summed E-state index contributed by atoms with van der Waals surface area (Å²) in [5.41, 5.74) is 11.9. The normalized spacial score (nSPS) is 11.5. The van der Waals surface area contributed by atoms with Gasteiger partial charge in [-0.3, -0.25) is 14.6 Å². The Morgan fingerprint density at radius 3 is 2.40 bits per heavy atom. The number of carbonyl (C=O) groups is 2. The second-order valence-electron chi connectivity index (χ2n) is 9.09. The van der Waals surface area contributed by atoms with Crippen LogP contribution in [0.25, 0.3) is 22.5 Å². The minimum absolute atomic E-state index is 0.000980. The van der Waals surface area contributed by atoms with Gasteiger partial charge in [-0.05, 0) is 55.8 Å².